The van der Waals surface area contributed by atoms with Crippen LogP contribution in [0.3, 0.4) is 0 Å². The molecule has 3 fully saturated rings. The lowest BCUT2D eigenvalue weighted by atomic mass is 9.33. The Bertz CT molecular complexity index is 1080. The number of hydrogen-bond acceptors (Lipinski definition) is 3. The number of aromatic nitrogens is 1. The molecule has 3 aliphatic carbocycles. The summed E-state index contributed by atoms with van der Waals surface area (Å²) in [6.07, 6.45) is 6.07. The summed E-state index contributed by atoms with van der Waals surface area (Å²) >= 11 is 0. The number of amides is 2. The van der Waals surface area contributed by atoms with Crippen LogP contribution in [0.25, 0.3) is 0 Å². The van der Waals surface area contributed by atoms with Gasteiger partial charge in [0.25, 0.3) is 5.91 Å². The summed E-state index contributed by atoms with van der Waals surface area (Å²) in [4.78, 5) is 29.2. The number of nitrogens with zero attached hydrogens (tertiary/aromatic N) is 1. The zero-order chi connectivity index (χ0) is 20.6. The highest BCUT2D eigenvalue weighted by Crippen LogP contribution is 2.73. The molecule has 0 radical (unpaired) electrons. The standard InChI is InChI=1S/C25H23N3O2/c29-22(28-21-9-11-26-12-10-21)19-6-4-5-18(13-19)14-27-23(30)25-15-24(16-25,17-25)20-7-2-1-3-8-20/h1-13H,14-17H2,(H,27,30)(H,26,28,29). The summed E-state index contributed by atoms with van der Waals surface area (Å²) in [5, 5.41) is 5.94. The summed E-state index contributed by atoms with van der Waals surface area (Å²) in [7, 11) is 0. The molecule has 3 aliphatic rings. The van der Waals surface area contributed by atoms with Crippen LogP contribution in [0.4, 0.5) is 5.69 Å². The largest absolute Gasteiger partial charge is 0.352 e. The third kappa shape index (κ3) is 3.16. The Morgan fingerprint density at radius 1 is 0.900 bits per heavy atom. The van der Waals surface area contributed by atoms with Gasteiger partial charge in [-0.3, -0.25) is 14.6 Å². The van der Waals surface area contributed by atoms with Crippen molar-refractivity contribution in [2.24, 2.45) is 5.41 Å². The molecule has 3 aromatic rings. The number of pyridine rings is 1. The first-order valence-electron chi connectivity index (χ1n) is 10.2. The third-order valence-corrected chi connectivity index (χ3v) is 6.48. The Labute approximate surface area is 175 Å². The first kappa shape index (κ1) is 18.6. The molecule has 0 atom stereocenters. The highest BCUT2D eigenvalue weighted by atomic mass is 16.2. The summed E-state index contributed by atoms with van der Waals surface area (Å²) in [6, 6.07) is 21.4. The molecule has 30 heavy (non-hydrogen) atoms. The zero-order valence-electron chi connectivity index (χ0n) is 16.6. The Morgan fingerprint density at radius 3 is 2.37 bits per heavy atom. The summed E-state index contributed by atoms with van der Waals surface area (Å²) < 4.78 is 0. The lowest BCUT2D eigenvalue weighted by molar-refractivity contribution is -0.176. The molecule has 5 heteroatoms. The van der Waals surface area contributed by atoms with E-state index < -0.39 is 0 Å². The van der Waals surface area contributed by atoms with Crippen LogP contribution in [0.15, 0.2) is 79.1 Å². The highest BCUT2D eigenvalue weighted by Gasteiger charge is 2.71. The van der Waals surface area contributed by atoms with Crippen LogP contribution in [0.1, 0.15) is 40.7 Å². The van der Waals surface area contributed by atoms with Gasteiger partial charge >= 0.3 is 0 Å². The average molecular weight is 397 g/mol. The van der Waals surface area contributed by atoms with E-state index in [0.717, 1.165) is 24.8 Å². The predicted molar refractivity (Wildman–Crippen MR) is 115 cm³/mol. The van der Waals surface area contributed by atoms with Gasteiger partial charge in [0.15, 0.2) is 0 Å². The number of hydrogen-bond donors (Lipinski definition) is 2. The Morgan fingerprint density at radius 2 is 1.63 bits per heavy atom. The number of benzene rings is 2. The van der Waals surface area contributed by atoms with E-state index in [-0.39, 0.29) is 22.6 Å². The first-order chi connectivity index (χ1) is 14.6. The molecule has 0 aliphatic heterocycles. The van der Waals surface area contributed by atoms with E-state index in [0.29, 0.717) is 17.8 Å². The smallest absolute Gasteiger partial charge is 0.255 e. The molecule has 3 saturated carbocycles. The van der Waals surface area contributed by atoms with Gasteiger partial charge in [0.05, 0.1) is 5.41 Å². The molecule has 2 amide bonds. The van der Waals surface area contributed by atoms with Gasteiger partial charge in [-0.25, -0.2) is 0 Å². The van der Waals surface area contributed by atoms with E-state index in [9.17, 15) is 9.59 Å². The van der Waals surface area contributed by atoms with Gasteiger partial charge in [-0.1, -0.05) is 42.5 Å². The molecule has 1 heterocycles. The molecule has 6 rings (SSSR count). The minimum absolute atomic E-state index is 0.131. The maximum atomic E-state index is 12.8. The summed E-state index contributed by atoms with van der Waals surface area (Å²) in [6.45, 7) is 0.426. The van der Waals surface area contributed by atoms with Gasteiger partial charge < -0.3 is 10.6 Å². The fourth-order valence-corrected chi connectivity index (χ4v) is 4.96. The second-order valence-corrected chi connectivity index (χ2v) is 8.53. The predicted octanol–water partition coefficient (Wildman–Crippen LogP) is 4.07. The summed E-state index contributed by atoms with van der Waals surface area (Å²) in [5.74, 6) is -0.0504. The van der Waals surface area contributed by atoms with Crippen molar-refractivity contribution < 1.29 is 9.59 Å². The van der Waals surface area contributed by atoms with Crippen molar-refractivity contribution in [2.75, 3.05) is 5.32 Å². The third-order valence-electron chi connectivity index (χ3n) is 6.48. The number of anilines is 1. The van der Waals surface area contributed by atoms with E-state index in [1.54, 1.807) is 30.6 Å². The molecule has 150 valence electrons. The number of nitrogens with one attached hydrogen (secondary N) is 2. The second kappa shape index (κ2) is 7.10. The van der Waals surface area contributed by atoms with Crippen molar-refractivity contribution in [3.8, 4) is 0 Å². The molecule has 2 bridgehead atoms. The maximum Gasteiger partial charge on any atom is 0.255 e. The molecule has 0 saturated heterocycles. The molecule has 2 aromatic carbocycles. The van der Waals surface area contributed by atoms with Gasteiger partial charge in [-0.15, -0.1) is 0 Å². The normalized spacial score (nSPS) is 23.6. The van der Waals surface area contributed by atoms with E-state index >= 15 is 0 Å². The van der Waals surface area contributed by atoms with Gasteiger partial charge in [-0.2, -0.15) is 0 Å². The molecule has 0 spiro atoms. The van der Waals surface area contributed by atoms with Crippen molar-refractivity contribution in [3.05, 3.63) is 95.8 Å². The van der Waals surface area contributed by atoms with Gasteiger partial charge in [-0.05, 0) is 60.1 Å². The maximum absolute atomic E-state index is 12.8. The summed E-state index contributed by atoms with van der Waals surface area (Å²) in [5.41, 5.74) is 3.54. The van der Waals surface area contributed by atoms with Crippen molar-refractivity contribution in [2.45, 2.75) is 31.2 Å². The van der Waals surface area contributed by atoms with Gasteiger partial charge in [0.2, 0.25) is 5.91 Å². The number of carbonyl (C=O) groups is 2. The zero-order valence-corrected chi connectivity index (χ0v) is 16.6. The van der Waals surface area contributed by atoms with Crippen LogP contribution >= 0.6 is 0 Å². The number of carbonyl (C=O) groups excluding carboxylic acids is 2. The lowest BCUT2D eigenvalue weighted by Gasteiger charge is -2.69. The minimum atomic E-state index is -0.202. The Kier molecular flexibility index (Phi) is 4.39. The van der Waals surface area contributed by atoms with Crippen molar-refractivity contribution in [1.29, 1.82) is 0 Å². The van der Waals surface area contributed by atoms with Crippen LogP contribution < -0.4 is 10.6 Å². The van der Waals surface area contributed by atoms with Crippen LogP contribution in [0.5, 0.6) is 0 Å². The SMILES string of the molecule is O=C(Nc1ccncc1)c1cccc(CNC(=O)C23CC(c4ccccc4)(C2)C3)c1. The van der Waals surface area contributed by atoms with Crippen molar-refractivity contribution in [3.63, 3.8) is 0 Å². The van der Waals surface area contributed by atoms with Gasteiger partial charge in [0.1, 0.15) is 0 Å². The molecule has 1 aromatic heterocycles. The fourth-order valence-electron chi connectivity index (χ4n) is 4.96. The Hall–Kier alpha value is -3.47. The van der Waals surface area contributed by atoms with Crippen LogP contribution in [0.2, 0.25) is 0 Å². The molecule has 2 N–H and O–H groups in total. The first-order valence-corrected chi connectivity index (χ1v) is 10.2. The van der Waals surface area contributed by atoms with E-state index in [2.05, 4.69) is 39.9 Å². The average Bonchev–Trinajstić information content (AvgIpc) is 2.72. The topological polar surface area (TPSA) is 71.1 Å². The van der Waals surface area contributed by atoms with Gasteiger partial charge in [0, 0.05) is 30.2 Å². The van der Waals surface area contributed by atoms with Crippen LogP contribution in [0, 0.1) is 5.41 Å². The van der Waals surface area contributed by atoms with Crippen molar-refractivity contribution >= 4 is 17.5 Å². The monoisotopic (exact) mass is 397 g/mol. The quantitative estimate of drug-likeness (QED) is 0.659. The van der Waals surface area contributed by atoms with Crippen LogP contribution in [-0.2, 0) is 16.8 Å². The van der Waals surface area contributed by atoms with Crippen molar-refractivity contribution in [1.82, 2.24) is 10.3 Å². The van der Waals surface area contributed by atoms with E-state index in [1.807, 2.05) is 24.3 Å². The second-order valence-electron chi connectivity index (χ2n) is 8.53. The lowest BCUT2D eigenvalue weighted by Crippen LogP contribution is -2.69. The Balaban J connectivity index is 1.17. The number of rotatable bonds is 6. The molecule has 0 unspecified atom stereocenters. The van der Waals surface area contributed by atoms with Crippen LogP contribution in [-0.4, -0.2) is 16.8 Å². The van der Waals surface area contributed by atoms with E-state index in [1.165, 1.54) is 5.56 Å². The molecular weight excluding hydrogens is 374 g/mol. The highest BCUT2D eigenvalue weighted by molar-refractivity contribution is 6.04. The fraction of sp³-hybridized carbons (Fsp3) is 0.240. The molecular formula is C25H23N3O2. The molecule has 5 nitrogen and oxygen atoms in total. The minimum Gasteiger partial charge on any atom is -0.352 e. The van der Waals surface area contributed by atoms with E-state index in [4.69, 9.17) is 0 Å².